The van der Waals surface area contributed by atoms with Crippen LogP contribution in [0, 0.1) is 0 Å². The standard InChI is InChI=1S/C60H59BS/c61-57-39-46(18-6-2-4-16-36-60(48-34-32-42-28-30-44(42)38-48)55-25-13-9-21-51(55)52-22-10-14-26-56(52)60)58(62)40-45(57)17-5-1-3-15-35-59(47-33-31-41-27-29-43(41)37-47)53-23-11-7-19-49(53)50-20-8-12-24-54(50)59/h7-14,19-26,31-34,37-40,62H,1-6,15-18,27-30,35-36,61H2. The van der Waals surface area contributed by atoms with Crippen LogP contribution in [-0.2, 0) is 49.4 Å². The monoisotopic (exact) mass is 822 g/mol. The molecule has 7 aromatic rings. The average Bonchev–Trinajstić information content (AvgIpc) is 3.73. The Hall–Kier alpha value is -5.05. The van der Waals surface area contributed by atoms with Crippen molar-refractivity contribution < 1.29 is 0 Å². The molecule has 0 aromatic heterocycles. The Kier molecular flexibility index (Phi) is 10.6. The van der Waals surface area contributed by atoms with E-state index in [0.29, 0.717) is 0 Å². The van der Waals surface area contributed by atoms with Crippen molar-refractivity contribution in [2.75, 3.05) is 0 Å². The third-order valence-corrected chi connectivity index (χ3v) is 16.3. The quantitative estimate of drug-likeness (QED) is 0.0560. The van der Waals surface area contributed by atoms with Gasteiger partial charge in [0.1, 0.15) is 7.85 Å². The molecule has 0 fully saturated rings. The lowest BCUT2D eigenvalue weighted by Crippen LogP contribution is -2.28. The first-order chi connectivity index (χ1) is 30.5. The minimum Gasteiger partial charge on any atom is -0.143 e. The van der Waals surface area contributed by atoms with Crippen LogP contribution in [0.1, 0.15) is 131 Å². The largest absolute Gasteiger partial charge is 0.143 e. The zero-order chi connectivity index (χ0) is 41.7. The molecular formula is C60H59BS. The molecule has 2 heteroatoms. The van der Waals surface area contributed by atoms with Crippen LogP contribution in [0.5, 0.6) is 0 Å². The molecule has 4 aliphatic carbocycles. The van der Waals surface area contributed by atoms with Crippen molar-refractivity contribution in [3.05, 3.63) is 212 Å². The van der Waals surface area contributed by atoms with Gasteiger partial charge in [0.25, 0.3) is 0 Å². The Morgan fingerprint density at radius 1 is 0.387 bits per heavy atom. The Labute approximate surface area is 377 Å². The van der Waals surface area contributed by atoms with Gasteiger partial charge in [-0.05, 0) is 154 Å². The molecule has 0 saturated heterocycles. The van der Waals surface area contributed by atoms with Gasteiger partial charge in [-0.15, -0.1) is 12.6 Å². The second-order valence-corrected chi connectivity index (χ2v) is 19.7. The predicted octanol–water partition coefficient (Wildman–Crippen LogP) is 13.4. The Morgan fingerprint density at radius 2 is 0.774 bits per heavy atom. The molecule has 0 unspecified atom stereocenters. The van der Waals surface area contributed by atoms with Crippen molar-refractivity contribution in [1.29, 1.82) is 0 Å². The molecule has 0 nitrogen and oxygen atoms in total. The van der Waals surface area contributed by atoms with E-state index in [1.54, 1.807) is 22.3 Å². The maximum Gasteiger partial charge on any atom is 0.139 e. The number of hydrogen-bond donors (Lipinski definition) is 1. The lowest BCUT2D eigenvalue weighted by atomic mass is 9.68. The molecule has 0 bridgehead atoms. The summed E-state index contributed by atoms with van der Waals surface area (Å²) in [6.45, 7) is 0. The first kappa shape index (κ1) is 39.8. The van der Waals surface area contributed by atoms with E-state index in [4.69, 9.17) is 12.6 Å². The molecule has 0 atom stereocenters. The van der Waals surface area contributed by atoms with E-state index in [2.05, 4.69) is 153 Å². The average molecular weight is 823 g/mol. The van der Waals surface area contributed by atoms with Crippen LogP contribution in [0.4, 0.5) is 0 Å². The first-order valence-corrected chi connectivity index (χ1v) is 24.4. The van der Waals surface area contributed by atoms with E-state index < -0.39 is 0 Å². The Balaban J connectivity index is 0.698. The molecule has 0 amide bonds. The van der Waals surface area contributed by atoms with Gasteiger partial charge in [0.05, 0.1) is 0 Å². The van der Waals surface area contributed by atoms with Crippen molar-refractivity contribution in [1.82, 2.24) is 0 Å². The van der Waals surface area contributed by atoms with Crippen LogP contribution in [0.25, 0.3) is 22.3 Å². The third-order valence-electron chi connectivity index (χ3n) is 15.9. The SMILES string of the molecule is Bc1cc(CCCCCCC2(c3ccc4c(c3)CC4)c3ccccc3-c3ccccc32)c(S)cc1CCCCCCC1(c2ccc3c(c2)CC3)c2ccccc2-c2ccccc21. The van der Waals surface area contributed by atoms with Gasteiger partial charge in [-0.3, -0.25) is 0 Å². The topological polar surface area (TPSA) is 0 Å². The molecule has 11 rings (SSSR count). The highest BCUT2D eigenvalue weighted by Gasteiger charge is 2.45. The molecule has 7 aromatic carbocycles. The van der Waals surface area contributed by atoms with Gasteiger partial charge in [0, 0.05) is 15.7 Å². The predicted molar refractivity (Wildman–Crippen MR) is 267 cm³/mol. The fraction of sp³-hybridized carbons (Fsp3) is 0.300. The molecule has 62 heavy (non-hydrogen) atoms. The summed E-state index contributed by atoms with van der Waals surface area (Å²) < 4.78 is 0. The number of unbranched alkanes of at least 4 members (excludes halogenated alkanes) is 6. The zero-order valence-corrected chi connectivity index (χ0v) is 37.5. The minimum absolute atomic E-state index is 0.0651. The molecule has 0 saturated carbocycles. The fourth-order valence-corrected chi connectivity index (χ4v) is 12.7. The first-order valence-electron chi connectivity index (χ1n) is 24.0. The number of rotatable bonds is 16. The summed E-state index contributed by atoms with van der Waals surface area (Å²) >= 11 is 5.08. The van der Waals surface area contributed by atoms with Crippen molar-refractivity contribution in [3.8, 4) is 22.3 Å². The lowest BCUT2D eigenvalue weighted by Gasteiger charge is -2.35. The molecular weight excluding hydrogens is 764 g/mol. The normalized spacial score (nSPS) is 15.4. The maximum atomic E-state index is 5.08. The van der Waals surface area contributed by atoms with E-state index in [-0.39, 0.29) is 10.8 Å². The molecule has 0 N–H and O–H groups in total. The maximum absolute atomic E-state index is 5.08. The summed E-state index contributed by atoms with van der Waals surface area (Å²) in [7, 11) is 2.33. The minimum atomic E-state index is -0.0672. The highest BCUT2D eigenvalue weighted by Crippen LogP contribution is 2.57. The van der Waals surface area contributed by atoms with Gasteiger partial charge in [0.15, 0.2) is 0 Å². The van der Waals surface area contributed by atoms with E-state index in [1.807, 2.05) is 0 Å². The molecule has 0 radical (unpaired) electrons. The number of thiol groups is 1. The summed E-state index contributed by atoms with van der Waals surface area (Å²) in [5, 5.41) is 0. The van der Waals surface area contributed by atoms with E-state index in [0.717, 1.165) is 25.7 Å². The molecule has 0 aliphatic heterocycles. The smallest absolute Gasteiger partial charge is 0.139 e. The molecule has 4 aliphatic rings. The van der Waals surface area contributed by atoms with Crippen molar-refractivity contribution in [2.45, 2.75) is 118 Å². The summed E-state index contributed by atoms with van der Waals surface area (Å²) in [4.78, 5) is 1.18. The Morgan fingerprint density at radius 3 is 1.18 bits per heavy atom. The van der Waals surface area contributed by atoms with Gasteiger partial charge in [0.2, 0.25) is 0 Å². The van der Waals surface area contributed by atoms with Crippen LogP contribution in [0.15, 0.2) is 150 Å². The summed E-state index contributed by atoms with van der Waals surface area (Å²) in [5.74, 6) is 0. The van der Waals surface area contributed by atoms with E-state index in [1.165, 1.54) is 154 Å². The van der Waals surface area contributed by atoms with Gasteiger partial charge < -0.3 is 0 Å². The van der Waals surface area contributed by atoms with Gasteiger partial charge in [-0.25, -0.2) is 0 Å². The summed E-state index contributed by atoms with van der Waals surface area (Å²) in [6, 6.07) is 56.6. The number of hydrogen-bond acceptors (Lipinski definition) is 1. The molecule has 308 valence electrons. The zero-order valence-electron chi connectivity index (χ0n) is 36.6. The van der Waals surface area contributed by atoms with Crippen molar-refractivity contribution in [3.63, 3.8) is 0 Å². The number of fused-ring (bicyclic) bond motifs is 8. The van der Waals surface area contributed by atoms with Gasteiger partial charge >= 0.3 is 0 Å². The number of aryl methyl sites for hydroxylation is 6. The Bertz CT molecular complexity index is 2520. The van der Waals surface area contributed by atoms with Crippen LogP contribution < -0.4 is 5.46 Å². The number of benzene rings is 7. The van der Waals surface area contributed by atoms with Crippen LogP contribution in [0.2, 0.25) is 0 Å². The van der Waals surface area contributed by atoms with Crippen LogP contribution >= 0.6 is 12.6 Å². The van der Waals surface area contributed by atoms with Gasteiger partial charge in [-0.1, -0.05) is 189 Å². The third kappa shape index (κ3) is 6.66. The molecule has 0 spiro atoms. The highest BCUT2D eigenvalue weighted by molar-refractivity contribution is 7.80. The van der Waals surface area contributed by atoms with Crippen molar-refractivity contribution >= 4 is 25.9 Å². The summed E-state index contributed by atoms with van der Waals surface area (Å²) in [5.41, 5.74) is 25.1. The summed E-state index contributed by atoms with van der Waals surface area (Å²) in [6.07, 6.45) is 19.4. The van der Waals surface area contributed by atoms with E-state index >= 15 is 0 Å². The second kappa shape index (κ2) is 16.6. The lowest BCUT2D eigenvalue weighted by molar-refractivity contribution is 0.510. The van der Waals surface area contributed by atoms with Crippen LogP contribution in [-0.4, -0.2) is 7.85 Å². The van der Waals surface area contributed by atoms with Crippen molar-refractivity contribution in [2.24, 2.45) is 0 Å². The fourth-order valence-electron chi connectivity index (χ4n) is 12.4. The van der Waals surface area contributed by atoms with Gasteiger partial charge in [-0.2, -0.15) is 0 Å². The molecule has 0 heterocycles. The van der Waals surface area contributed by atoms with E-state index in [9.17, 15) is 0 Å². The highest BCUT2D eigenvalue weighted by atomic mass is 32.1. The van der Waals surface area contributed by atoms with Crippen LogP contribution in [0.3, 0.4) is 0 Å². The second-order valence-electron chi connectivity index (χ2n) is 19.2.